The molecule has 0 saturated carbocycles. The first kappa shape index (κ1) is 23.2. The standard InChI is InChI=1S/C20H35N5.HI/c1-16(2)17(3)23-20(21-4)22-14-18-6-8-19(9-7-18)15-25-12-10-24(5)11-13-25;/h6-9,16-17H,10-15H2,1-5H3,(H2,21,22,23);1H. The monoisotopic (exact) mass is 473 g/mol. The number of aliphatic imine (C=N–C) groups is 1. The van der Waals surface area contributed by atoms with Gasteiger partial charge in [0.15, 0.2) is 5.96 Å². The molecular formula is C20H36IN5. The highest BCUT2D eigenvalue weighted by molar-refractivity contribution is 14.0. The van der Waals surface area contributed by atoms with E-state index in [1.54, 1.807) is 0 Å². The highest BCUT2D eigenvalue weighted by Gasteiger charge is 2.13. The van der Waals surface area contributed by atoms with Crippen LogP contribution in [0.5, 0.6) is 0 Å². The zero-order chi connectivity index (χ0) is 18.2. The van der Waals surface area contributed by atoms with Crippen LogP contribution in [0.25, 0.3) is 0 Å². The number of rotatable bonds is 6. The Morgan fingerprint density at radius 3 is 2.15 bits per heavy atom. The fraction of sp³-hybridized carbons (Fsp3) is 0.650. The largest absolute Gasteiger partial charge is 0.354 e. The molecule has 0 spiro atoms. The second-order valence-electron chi connectivity index (χ2n) is 7.50. The maximum atomic E-state index is 4.31. The molecule has 6 heteroatoms. The zero-order valence-corrected chi connectivity index (χ0v) is 19.3. The Bertz CT molecular complexity index is 536. The summed E-state index contributed by atoms with van der Waals surface area (Å²) in [4.78, 5) is 9.24. The van der Waals surface area contributed by atoms with Crippen LogP contribution in [-0.4, -0.2) is 62.1 Å². The molecule has 2 rings (SSSR count). The predicted octanol–water partition coefficient (Wildman–Crippen LogP) is 2.76. The van der Waals surface area contributed by atoms with Crippen LogP contribution in [-0.2, 0) is 13.1 Å². The molecule has 148 valence electrons. The van der Waals surface area contributed by atoms with Crippen LogP contribution in [0.15, 0.2) is 29.3 Å². The van der Waals surface area contributed by atoms with Crippen molar-refractivity contribution in [2.24, 2.45) is 10.9 Å². The SMILES string of the molecule is CN=C(NCc1ccc(CN2CCN(C)CC2)cc1)NC(C)C(C)C.I. The second-order valence-corrected chi connectivity index (χ2v) is 7.50. The highest BCUT2D eigenvalue weighted by Crippen LogP contribution is 2.10. The van der Waals surface area contributed by atoms with Crippen LogP contribution in [0.4, 0.5) is 0 Å². The van der Waals surface area contributed by atoms with Crippen molar-refractivity contribution in [3.63, 3.8) is 0 Å². The molecule has 1 aromatic rings. The summed E-state index contributed by atoms with van der Waals surface area (Å²) in [5.74, 6) is 1.44. The lowest BCUT2D eigenvalue weighted by Crippen LogP contribution is -2.44. The Labute approximate surface area is 176 Å². The van der Waals surface area contributed by atoms with Gasteiger partial charge in [-0.2, -0.15) is 0 Å². The van der Waals surface area contributed by atoms with Gasteiger partial charge in [-0.25, -0.2) is 0 Å². The Hall–Kier alpha value is -0.860. The summed E-state index contributed by atoms with van der Waals surface area (Å²) in [6.45, 7) is 13.1. The van der Waals surface area contributed by atoms with E-state index in [0.717, 1.165) is 32.1 Å². The van der Waals surface area contributed by atoms with E-state index in [9.17, 15) is 0 Å². The smallest absolute Gasteiger partial charge is 0.191 e. The normalized spacial score (nSPS) is 17.7. The molecule has 0 aromatic heterocycles. The van der Waals surface area contributed by atoms with Crippen molar-refractivity contribution in [1.82, 2.24) is 20.4 Å². The number of benzene rings is 1. The Morgan fingerprint density at radius 1 is 1.04 bits per heavy atom. The fourth-order valence-corrected chi connectivity index (χ4v) is 2.79. The van der Waals surface area contributed by atoms with Crippen LogP contribution in [0.3, 0.4) is 0 Å². The molecule has 26 heavy (non-hydrogen) atoms. The molecule has 1 aromatic carbocycles. The third-order valence-corrected chi connectivity index (χ3v) is 5.07. The summed E-state index contributed by atoms with van der Waals surface area (Å²) in [5, 5.41) is 6.83. The summed E-state index contributed by atoms with van der Waals surface area (Å²) in [6.07, 6.45) is 0. The van der Waals surface area contributed by atoms with Gasteiger partial charge in [-0.05, 0) is 31.0 Å². The van der Waals surface area contributed by atoms with Gasteiger partial charge in [-0.1, -0.05) is 38.1 Å². The summed E-state index contributed by atoms with van der Waals surface area (Å²) in [7, 11) is 4.02. The highest BCUT2D eigenvalue weighted by atomic mass is 127. The molecule has 1 heterocycles. The van der Waals surface area contributed by atoms with Crippen LogP contribution in [0, 0.1) is 5.92 Å². The summed E-state index contributed by atoms with van der Waals surface area (Å²) in [5.41, 5.74) is 2.67. The van der Waals surface area contributed by atoms with Gasteiger partial charge in [0.2, 0.25) is 0 Å². The van der Waals surface area contributed by atoms with Crippen molar-refractivity contribution in [2.45, 2.75) is 39.9 Å². The minimum atomic E-state index is 0. The van der Waals surface area contributed by atoms with E-state index in [1.807, 2.05) is 7.05 Å². The molecule has 0 bridgehead atoms. The number of guanidine groups is 1. The van der Waals surface area contributed by atoms with Gasteiger partial charge in [0, 0.05) is 52.4 Å². The molecule has 1 saturated heterocycles. The molecule has 0 amide bonds. The first-order valence-electron chi connectivity index (χ1n) is 9.44. The Morgan fingerprint density at radius 2 is 1.62 bits per heavy atom. The molecule has 1 aliphatic rings. The first-order chi connectivity index (χ1) is 12.0. The van der Waals surface area contributed by atoms with Gasteiger partial charge in [-0.3, -0.25) is 9.89 Å². The fourth-order valence-electron chi connectivity index (χ4n) is 2.79. The molecule has 1 aliphatic heterocycles. The van der Waals surface area contributed by atoms with Crippen molar-refractivity contribution in [3.05, 3.63) is 35.4 Å². The third kappa shape index (κ3) is 7.80. The second kappa shape index (κ2) is 11.8. The van der Waals surface area contributed by atoms with E-state index < -0.39 is 0 Å². The van der Waals surface area contributed by atoms with Gasteiger partial charge < -0.3 is 15.5 Å². The van der Waals surface area contributed by atoms with Gasteiger partial charge in [-0.15, -0.1) is 24.0 Å². The van der Waals surface area contributed by atoms with Crippen LogP contribution >= 0.6 is 24.0 Å². The van der Waals surface area contributed by atoms with E-state index in [1.165, 1.54) is 24.2 Å². The molecule has 0 radical (unpaired) electrons. The number of likely N-dealkylation sites (N-methyl/N-ethyl adjacent to an activating group) is 1. The van der Waals surface area contributed by atoms with E-state index in [2.05, 4.69) is 77.5 Å². The zero-order valence-electron chi connectivity index (χ0n) is 17.0. The van der Waals surface area contributed by atoms with E-state index in [0.29, 0.717) is 12.0 Å². The molecule has 5 nitrogen and oxygen atoms in total. The Balaban J connectivity index is 0.00000338. The van der Waals surface area contributed by atoms with Gasteiger partial charge in [0.1, 0.15) is 0 Å². The number of hydrogen-bond donors (Lipinski definition) is 2. The minimum Gasteiger partial charge on any atom is -0.354 e. The predicted molar refractivity (Wildman–Crippen MR) is 122 cm³/mol. The van der Waals surface area contributed by atoms with Crippen LogP contribution < -0.4 is 10.6 Å². The van der Waals surface area contributed by atoms with Gasteiger partial charge in [0.05, 0.1) is 0 Å². The quantitative estimate of drug-likeness (QED) is 0.379. The van der Waals surface area contributed by atoms with Crippen molar-refractivity contribution >= 4 is 29.9 Å². The average Bonchev–Trinajstić information content (AvgIpc) is 2.61. The molecule has 2 N–H and O–H groups in total. The van der Waals surface area contributed by atoms with Crippen molar-refractivity contribution in [3.8, 4) is 0 Å². The number of piperazine rings is 1. The van der Waals surface area contributed by atoms with Crippen molar-refractivity contribution in [2.75, 3.05) is 40.3 Å². The van der Waals surface area contributed by atoms with Crippen molar-refractivity contribution < 1.29 is 0 Å². The summed E-state index contributed by atoms with van der Waals surface area (Å²) in [6, 6.07) is 9.34. The number of halogens is 1. The summed E-state index contributed by atoms with van der Waals surface area (Å²) >= 11 is 0. The van der Waals surface area contributed by atoms with Crippen molar-refractivity contribution in [1.29, 1.82) is 0 Å². The summed E-state index contributed by atoms with van der Waals surface area (Å²) < 4.78 is 0. The van der Waals surface area contributed by atoms with E-state index >= 15 is 0 Å². The van der Waals surface area contributed by atoms with E-state index in [4.69, 9.17) is 0 Å². The first-order valence-corrected chi connectivity index (χ1v) is 9.44. The van der Waals surface area contributed by atoms with Crippen LogP contribution in [0.2, 0.25) is 0 Å². The number of hydrogen-bond acceptors (Lipinski definition) is 3. The molecular weight excluding hydrogens is 437 g/mol. The average molecular weight is 473 g/mol. The number of nitrogens with zero attached hydrogens (tertiary/aromatic N) is 3. The minimum absolute atomic E-state index is 0. The van der Waals surface area contributed by atoms with Crippen LogP contribution in [0.1, 0.15) is 31.9 Å². The lowest BCUT2D eigenvalue weighted by molar-refractivity contribution is 0.148. The number of nitrogens with one attached hydrogen (secondary N) is 2. The maximum Gasteiger partial charge on any atom is 0.191 e. The lowest BCUT2D eigenvalue weighted by atomic mass is 10.1. The lowest BCUT2D eigenvalue weighted by Gasteiger charge is -2.32. The molecule has 0 aliphatic carbocycles. The third-order valence-electron chi connectivity index (χ3n) is 5.07. The molecule has 1 atom stereocenters. The topological polar surface area (TPSA) is 42.9 Å². The molecule has 1 unspecified atom stereocenters. The van der Waals surface area contributed by atoms with Gasteiger partial charge >= 0.3 is 0 Å². The van der Waals surface area contributed by atoms with E-state index in [-0.39, 0.29) is 24.0 Å². The maximum absolute atomic E-state index is 4.31. The molecule has 1 fully saturated rings. The van der Waals surface area contributed by atoms with Gasteiger partial charge in [0.25, 0.3) is 0 Å². The Kier molecular flexibility index (Phi) is 10.5.